The van der Waals surface area contributed by atoms with E-state index in [0.717, 1.165) is 0 Å². The molecule has 2 N–H and O–H groups in total. The fourth-order valence-corrected chi connectivity index (χ4v) is 2.47. The van der Waals surface area contributed by atoms with Crippen LogP contribution in [0.4, 0.5) is 0 Å². The third kappa shape index (κ3) is 1.67. The highest BCUT2D eigenvalue weighted by atomic mass is 14.8. The minimum absolute atomic E-state index is 0.167. The average molecular weight is 190 g/mol. The quantitative estimate of drug-likeness (QED) is 0.778. The molecule has 1 heterocycles. The fourth-order valence-electron chi connectivity index (χ4n) is 2.47. The molecule has 1 saturated carbocycles. The summed E-state index contributed by atoms with van der Waals surface area (Å²) in [6.45, 7) is 2.15. The van der Waals surface area contributed by atoms with Crippen molar-refractivity contribution in [2.75, 3.05) is 0 Å². The van der Waals surface area contributed by atoms with Gasteiger partial charge in [0.05, 0.1) is 0 Å². The van der Waals surface area contributed by atoms with Gasteiger partial charge in [-0.3, -0.25) is 4.98 Å². The topological polar surface area (TPSA) is 38.9 Å². The maximum atomic E-state index is 6.42. The highest BCUT2D eigenvalue weighted by Gasteiger charge is 2.33. The summed E-state index contributed by atoms with van der Waals surface area (Å²) in [6.07, 6.45) is 8.88. The first kappa shape index (κ1) is 9.66. The van der Waals surface area contributed by atoms with Gasteiger partial charge in [-0.1, -0.05) is 12.8 Å². The summed E-state index contributed by atoms with van der Waals surface area (Å²) in [4.78, 5) is 4.03. The van der Waals surface area contributed by atoms with E-state index in [4.69, 9.17) is 5.73 Å². The minimum atomic E-state index is -0.167. The van der Waals surface area contributed by atoms with Crippen molar-refractivity contribution in [3.63, 3.8) is 0 Å². The van der Waals surface area contributed by atoms with E-state index >= 15 is 0 Å². The molecule has 1 unspecified atom stereocenters. The number of nitrogens with two attached hydrogens (primary N) is 1. The van der Waals surface area contributed by atoms with Crippen LogP contribution >= 0.6 is 0 Å². The van der Waals surface area contributed by atoms with Gasteiger partial charge in [-0.15, -0.1) is 0 Å². The second-order valence-electron chi connectivity index (χ2n) is 4.50. The van der Waals surface area contributed by atoms with Gasteiger partial charge in [-0.2, -0.15) is 0 Å². The number of hydrogen-bond donors (Lipinski definition) is 1. The minimum Gasteiger partial charge on any atom is -0.321 e. The van der Waals surface area contributed by atoms with E-state index in [1.807, 2.05) is 24.5 Å². The molecule has 76 valence electrons. The first-order valence-electron chi connectivity index (χ1n) is 5.40. The Hall–Kier alpha value is -0.890. The van der Waals surface area contributed by atoms with Crippen LogP contribution in [0.15, 0.2) is 24.5 Å². The van der Waals surface area contributed by atoms with E-state index in [2.05, 4.69) is 11.9 Å². The first-order chi connectivity index (χ1) is 6.71. The Kier molecular flexibility index (Phi) is 2.55. The smallest absolute Gasteiger partial charge is 0.0410 e. The highest BCUT2D eigenvalue weighted by Crippen LogP contribution is 2.38. The maximum absolute atomic E-state index is 6.42. The lowest BCUT2D eigenvalue weighted by atomic mass is 9.80. The predicted molar refractivity (Wildman–Crippen MR) is 57.7 cm³/mol. The molecule has 0 radical (unpaired) electrons. The van der Waals surface area contributed by atoms with Crippen molar-refractivity contribution in [3.8, 4) is 0 Å². The van der Waals surface area contributed by atoms with Crippen LogP contribution in [0.5, 0.6) is 0 Å². The van der Waals surface area contributed by atoms with Crippen molar-refractivity contribution in [2.45, 2.75) is 38.1 Å². The summed E-state index contributed by atoms with van der Waals surface area (Å²) in [5.41, 5.74) is 7.47. The second-order valence-corrected chi connectivity index (χ2v) is 4.50. The summed E-state index contributed by atoms with van der Waals surface area (Å²) in [6, 6.07) is 4.08. The van der Waals surface area contributed by atoms with Crippen molar-refractivity contribution in [1.82, 2.24) is 4.98 Å². The lowest BCUT2D eigenvalue weighted by Gasteiger charge is -2.31. The molecular weight excluding hydrogens is 172 g/mol. The van der Waals surface area contributed by atoms with Gasteiger partial charge in [0.2, 0.25) is 0 Å². The molecule has 0 spiro atoms. The number of hydrogen-bond acceptors (Lipinski definition) is 2. The zero-order valence-electron chi connectivity index (χ0n) is 8.74. The third-order valence-corrected chi connectivity index (χ3v) is 3.51. The van der Waals surface area contributed by atoms with Crippen molar-refractivity contribution in [3.05, 3.63) is 30.1 Å². The van der Waals surface area contributed by atoms with Gasteiger partial charge in [0.25, 0.3) is 0 Å². The van der Waals surface area contributed by atoms with Crippen molar-refractivity contribution >= 4 is 0 Å². The molecular formula is C12H18N2. The summed E-state index contributed by atoms with van der Waals surface area (Å²) in [5.74, 6) is 0.643. The van der Waals surface area contributed by atoms with E-state index < -0.39 is 0 Å². The fraction of sp³-hybridized carbons (Fsp3) is 0.583. The number of rotatable bonds is 2. The zero-order chi connectivity index (χ0) is 10.0. The van der Waals surface area contributed by atoms with Crippen molar-refractivity contribution in [1.29, 1.82) is 0 Å². The normalized spacial score (nSPS) is 22.1. The van der Waals surface area contributed by atoms with Gasteiger partial charge in [0.15, 0.2) is 0 Å². The maximum Gasteiger partial charge on any atom is 0.0410 e. The lowest BCUT2D eigenvalue weighted by Crippen LogP contribution is -2.40. The molecule has 0 aromatic carbocycles. The van der Waals surface area contributed by atoms with Crippen LogP contribution in [0.1, 0.15) is 38.2 Å². The third-order valence-electron chi connectivity index (χ3n) is 3.51. The van der Waals surface area contributed by atoms with E-state index in [-0.39, 0.29) is 5.54 Å². The van der Waals surface area contributed by atoms with Gasteiger partial charge in [0, 0.05) is 17.9 Å². The molecule has 2 heteroatoms. The van der Waals surface area contributed by atoms with Crippen LogP contribution < -0.4 is 5.73 Å². The van der Waals surface area contributed by atoms with Gasteiger partial charge in [-0.05, 0) is 43.4 Å². The molecule has 1 aliphatic rings. The molecule has 0 amide bonds. The molecule has 2 rings (SSSR count). The van der Waals surface area contributed by atoms with E-state index in [1.54, 1.807) is 0 Å². The molecule has 14 heavy (non-hydrogen) atoms. The van der Waals surface area contributed by atoms with E-state index in [1.165, 1.54) is 31.2 Å². The summed E-state index contributed by atoms with van der Waals surface area (Å²) >= 11 is 0. The lowest BCUT2D eigenvalue weighted by molar-refractivity contribution is 0.306. The number of aromatic nitrogens is 1. The monoisotopic (exact) mass is 190 g/mol. The van der Waals surface area contributed by atoms with Crippen LogP contribution in [0, 0.1) is 5.92 Å². The summed E-state index contributed by atoms with van der Waals surface area (Å²) in [5, 5.41) is 0. The molecule has 0 bridgehead atoms. The molecule has 1 aromatic rings. The van der Waals surface area contributed by atoms with Gasteiger partial charge >= 0.3 is 0 Å². The van der Waals surface area contributed by atoms with Crippen LogP contribution in [0.3, 0.4) is 0 Å². The first-order valence-corrected chi connectivity index (χ1v) is 5.40. The predicted octanol–water partition coefficient (Wildman–Crippen LogP) is 2.45. The Balaban J connectivity index is 2.22. The molecule has 0 aliphatic heterocycles. The van der Waals surface area contributed by atoms with Gasteiger partial charge < -0.3 is 5.73 Å². The Bertz CT molecular complexity index is 286. The molecule has 1 fully saturated rings. The van der Waals surface area contributed by atoms with Crippen LogP contribution in [0.25, 0.3) is 0 Å². The van der Waals surface area contributed by atoms with Crippen LogP contribution in [0.2, 0.25) is 0 Å². The molecule has 1 aromatic heterocycles. The second kappa shape index (κ2) is 3.70. The standard InChI is InChI=1S/C12H18N2/c1-12(13,10-4-2-3-5-10)11-6-8-14-9-7-11/h6-10H,2-5,13H2,1H3. The Labute approximate surface area is 85.5 Å². The molecule has 2 nitrogen and oxygen atoms in total. The average Bonchev–Trinajstić information content (AvgIpc) is 2.72. The molecule has 0 saturated heterocycles. The van der Waals surface area contributed by atoms with E-state index in [9.17, 15) is 0 Å². The van der Waals surface area contributed by atoms with Crippen molar-refractivity contribution < 1.29 is 0 Å². The number of pyridine rings is 1. The summed E-state index contributed by atoms with van der Waals surface area (Å²) < 4.78 is 0. The largest absolute Gasteiger partial charge is 0.321 e. The zero-order valence-corrected chi connectivity index (χ0v) is 8.74. The number of nitrogens with zero attached hydrogens (tertiary/aromatic N) is 1. The highest BCUT2D eigenvalue weighted by molar-refractivity contribution is 5.21. The summed E-state index contributed by atoms with van der Waals surface area (Å²) in [7, 11) is 0. The van der Waals surface area contributed by atoms with Gasteiger partial charge in [0.1, 0.15) is 0 Å². The van der Waals surface area contributed by atoms with Crippen LogP contribution in [-0.4, -0.2) is 4.98 Å². The Morgan fingerprint density at radius 1 is 1.29 bits per heavy atom. The Morgan fingerprint density at radius 3 is 2.43 bits per heavy atom. The SMILES string of the molecule is CC(N)(c1ccncc1)C1CCCC1. The molecule has 1 atom stereocenters. The van der Waals surface area contributed by atoms with Crippen molar-refractivity contribution in [2.24, 2.45) is 11.7 Å². The van der Waals surface area contributed by atoms with E-state index in [0.29, 0.717) is 5.92 Å². The molecule has 1 aliphatic carbocycles. The van der Waals surface area contributed by atoms with Gasteiger partial charge in [-0.25, -0.2) is 0 Å². The Morgan fingerprint density at radius 2 is 1.86 bits per heavy atom. The van der Waals surface area contributed by atoms with Crippen LogP contribution in [-0.2, 0) is 5.54 Å².